The first-order chi connectivity index (χ1) is 17.0. The van der Waals surface area contributed by atoms with Gasteiger partial charge < -0.3 is 15.4 Å². The van der Waals surface area contributed by atoms with E-state index in [9.17, 15) is 4.79 Å². The van der Waals surface area contributed by atoms with Crippen LogP contribution in [-0.2, 0) is 11.4 Å². The van der Waals surface area contributed by atoms with Crippen molar-refractivity contribution in [2.24, 2.45) is 0 Å². The third-order valence-electron chi connectivity index (χ3n) is 5.66. The standard InChI is InChI=1S/C26H21Cl2N5O2/c1-16-23(25(34)32-19-5-3-2-4-6-19)24(33-26(31-16)29-15-30-33)18-8-10-20(11-9-18)35-14-17-7-12-21(27)22(28)13-17/h2-13,15,24H,14H2,1H3,(H,32,34)(H,29,30,31)/t24-/m1/s1. The lowest BCUT2D eigenvalue weighted by Crippen LogP contribution is -2.31. The van der Waals surface area contributed by atoms with Gasteiger partial charge in [-0.15, -0.1) is 0 Å². The molecule has 35 heavy (non-hydrogen) atoms. The van der Waals surface area contributed by atoms with E-state index in [2.05, 4.69) is 20.7 Å². The molecule has 9 heteroatoms. The van der Waals surface area contributed by atoms with Crippen LogP contribution in [0.15, 0.2) is 90.4 Å². The monoisotopic (exact) mass is 505 g/mol. The highest BCUT2D eigenvalue weighted by molar-refractivity contribution is 6.42. The number of anilines is 2. The van der Waals surface area contributed by atoms with Crippen molar-refractivity contribution in [1.82, 2.24) is 14.8 Å². The van der Waals surface area contributed by atoms with Gasteiger partial charge in [0.15, 0.2) is 0 Å². The predicted molar refractivity (Wildman–Crippen MR) is 137 cm³/mol. The van der Waals surface area contributed by atoms with Crippen LogP contribution in [0.4, 0.5) is 11.6 Å². The largest absolute Gasteiger partial charge is 0.489 e. The van der Waals surface area contributed by atoms with Crippen LogP contribution in [0.3, 0.4) is 0 Å². The quantitative estimate of drug-likeness (QED) is 0.331. The number of nitrogens with one attached hydrogen (secondary N) is 2. The van der Waals surface area contributed by atoms with E-state index in [0.29, 0.717) is 45.3 Å². The van der Waals surface area contributed by atoms with Crippen LogP contribution in [0.2, 0.25) is 10.0 Å². The number of nitrogens with zero attached hydrogens (tertiary/aromatic N) is 3. The van der Waals surface area contributed by atoms with E-state index in [4.69, 9.17) is 27.9 Å². The molecule has 4 aromatic rings. The molecule has 2 N–H and O–H groups in total. The van der Waals surface area contributed by atoms with E-state index in [1.165, 1.54) is 6.33 Å². The van der Waals surface area contributed by atoms with Gasteiger partial charge in [0.25, 0.3) is 5.91 Å². The van der Waals surface area contributed by atoms with Gasteiger partial charge in [0.2, 0.25) is 5.95 Å². The summed E-state index contributed by atoms with van der Waals surface area (Å²) < 4.78 is 7.62. The fourth-order valence-corrected chi connectivity index (χ4v) is 4.28. The highest BCUT2D eigenvalue weighted by atomic mass is 35.5. The number of benzene rings is 3. The van der Waals surface area contributed by atoms with Crippen molar-refractivity contribution in [1.29, 1.82) is 0 Å². The summed E-state index contributed by atoms with van der Waals surface area (Å²) in [4.78, 5) is 17.6. The highest BCUT2D eigenvalue weighted by Crippen LogP contribution is 2.36. The van der Waals surface area contributed by atoms with E-state index in [1.54, 1.807) is 16.8 Å². The van der Waals surface area contributed by atoms with Gasteiger partial charge in [-0.25, -0.2) is 4.68 Å². The van der Waals surface area contributed by atoms with Crippen LogP contribution in [-0.4, -0.2) is 20.7 Å². The number of hydrogen-bond acceptors (Lipinski definition) is 5. The number of amides is 1. The number of hydrogen-bond donors (Lipinski definition) is 2. The molecule has 1 atom stereocenters. The van der Waals surface area contributed by atoms with E-state index in [0.717, 1.165) is 11.1 Å². The number of para-hydroxylation sites is 1. The molecule has 0 saturated carbocycles. The van der Waals surface area contributed by atoms with Crippen LogP contribution in [0, 0.1) is 0 Å². The summed E-state index contributed by atoms with van der Waals surface area (Å²) in [6.45, 7) is 2.21. The van der Waals surface area contributed by atoms with Crippen molar-refractivity contribution in [3.05, 3.63) is 112 Å². The van der Waals surface area contributed by atoms with Crippen LogP contribution in [0.1, 0.15) is 24.1 Å². The number of fused-ring (bicyclic) bond motifs is 1. The predicted octanol–water partition coefficient (Wildman–Crippen LogP) is 6.09. The smallest absolute Gasteiger partial charge is 0.255 e. The molecule has 176 valence electrons. The Hall–Kier alpha value is -3.81. The van der Waals surface area contributed by atoms with Crippen molar-refractivity contribution in [2.45, 2.75) is 19.6 Å². The van der Waals surface area contributed by atoms with Gasteiger partial charge in [0.1, 0.15) is 24.7 Å². The number of ether oxygens (including phenoxy) is 1. The van der Waals surface area contributed by atoms with E-state index in [-0.39, 0.29) is 5.91 Å². The van der Waals surface area contributed by atoms with Crippen molar-refractivity contribution in [3.8, 4) is 5.75 Å². The summed E-state index contributed by atoms with van der Waals surface area (Å²) in [7, 11) is 0. The molecule has 0 aliphatic carbocycles. The lowest BCUT2D eigenvalue weighted by atomic mass is 9.95. The Bertz CT molecular complexity index is 1400. The Labute approximate surface area is 212 Å². The van der Waals surface area contributed by atoms with Gasteiger partial charge in [-0.3, -0.25) is 4.79 Å². The minimum atomic E-state index is -0.457. The van der Waals surface area contributed by atoms with E-state index < -0.39 is 6.04 Å². The minimum Gasteiger partial charge on any atom is -0.489 e. The van der Waals surface area contributed by atoms with Crippen molar-refractivity contribution >= 4 is 40.7 Å². The molecule has 1 aromatic heterocycles. The van der Waals surface area contributed by atoms with E-state index in [1.807, 2.05) is 67.6 Å². The summed E-state index contributed by atoms with van der Waals surface area (Å²) in [5, 5.41) is 11.5. The minimum absolute atomic E-state index is 0.215. The molecule has 1 aliphatic heterocycles. The zero-order valence-corrected chi connectivity index (χ0v) is 20.2. The second kappa shape index (κ2) is 9.82. The average molecular weight is 506 g/mol. The maximum atomic E-state index is 13.4. The van der Waals surface area contributed by atoms with Crippen LogP contribution < -0.4 is 15.4 Å². The Balaban J connectivity index is 1.40. The number of halogens is 2. The van der Waals surface area contributed by atoms with Gasteiger partial charge >= 0.3 is 0 Å². The number of aromatic nitrogens is 3. The summed E-state index contributed by atoms with van der Waals surface area (Å²) in [6, 6.07) is 21.9. The SMILES string of the molecule is CC1=C(C(=O)Nc2ccccc2)[C@@H](c2ccc(OCc3ccc(Cl)c(Cl)c3)cc2)n2ncnc2N1. The topological polar surface area (TPSA) is 81.1 Å². The second-order valence-corrected chi connectivity index (χ2v) is 8.84. The summed E-state index contributed by atoms with van der Waals surface area (Å²) in [6.07, 6.45) is 1.47. The number of rotatable bonds is 6. The zero-order valence-electron chi connectivity index (χ0n) is 18.7. The van der Waals surface area contributed by atoms with Crippen LogP contribution >= 0.6 is 23.2 Å². The third kappa shape index (κ3) is 4.87. The maximum Gasteiger partial charge on any atom is 0.255 e. The van der Waals surface area contributed by atoms with Gasteiger partial charge in [-0.05, 0) is 54.4 Å². The fraction of sp³-hybridized carbons (Fsp3) is 0.115. The fourth-order valence-electron chi connectivity index (χ4n) is 3.96. The first kappa shape index (κ1) is 23.0. The highest BCUT2D eigenvalue weighted by Gasteiger charge is 2.33. The maximum absolute atomic E-state index is 13.4. The lowest BCUT2D eigenvalue weighted by molar-refractivity contribution is -0.113. The van der Waals surface area contributed by atoms with Crippen LogP contribution in [0.5, 0.6) is 5.75 Å². The van der Waals surface area contributed by atoms with Crippen molar-refractivity contribution in [2.75, 3.05) is 10.6 Å². The number of carbonyl (C=O) groups is 1. The zero-order chi connectivity index (χ0) is 24.4. The molecule has 0 fully saturated rings. The molecule has 7 nitrogen and oxygen atoms in total. The normalized spacial score (nSPS) is 14.8. The summed E-state index contributed by atoms with van der Waals surface area (Å²) in [5.74, 6) is 1.04. The van der Waals surface area contributed by atoms with Crippen molar-refractivity contribution in [3.63, 3.8) is 0 Å². The first-order valence-electron chi connectivity index (χ1n) is 10.9. The molecule has 0 spiro atoms. The summed E-state index contributed by atoms with van der Waals surface area (Å²) >= 11 is 12.1. The number of carbonyl (C=O) groups excluding carboxylic acids is 1. The Kier molecular flexibility index (Phi) is 6.44. The molecule has 1 amide bonds. The molecule has 1 aliphatic rings. The molecule has 0 bridgehead atoms. The Morgan fingerprint density at radius 1 is 1.06 bits per heavy atom. The van der Waals surface area contributed by atoms with Gasteiger partial charge in [-0.1, -0.05) is 59.6 Å². The molecule has 2 heterocycles. The molecular weight excluding hydrogens is 485 g/mol. The van der Waals surface area contributed by atoms with Gasteiger partial charge in [0, 0.05) is 11.4 Å². The van der Waals surface area contributed by atoms with Gasteiger partial charge in [0.05, 0.1) is 15.6 Å². The first-order valence-corrected chi connectivity index (χ1v) is 11.7. The van der Waals surface area contributed by atoms with Crippen LogP contribution in [0.25, 0.3) is 0 Å². The lowest BCUT2D eigenvalue weighted by Gasteiger charge is -2.28. The molecule has 3 aromatic carbocycles. The third-order valence-corrected chi connectivity index (χ3v) is 6.40. The molecular formula is C26H21Cl2N5O2. The molecule has 0 saturated heterocycles. The van der Waals surface area contributed by atoms with Gasteiger partial charge in [-0.2, -0.15) is 10.1 Å². The average Bonchev–Trinajstić information content (AvgIpc) is 3.33. The molecule has 5 rings (SSSR count). The Morgan fingerprint density at radius 3 is 2.57 bits per heavy atom. The van der Waals surface area contributed by atoms with E-state index >= 15 is 0 Å². The second-order valence-electron chi connectivity index (χ2n) is 8.02. The number of allylic oxidation sites excluding steroid dienone is 1. The van der Waals surface area contributed by atoms with Crippen molar-refractivity contribution < 1.29 is 9.53 Å². The molecule has 0 radical (unpaired) electrons. The Morgan fingerprint density at radius 2 is 1.83 bits per heavy atom. The summed E-state index contributed by atoms with van der Waals surface area (Å²) in [5.41, 5.74) is 3.76. The molecule has 0 unspecified atom stereocenters.